The van der Waals surface area contributed by atoms with Crippen LogP contribution >= 0.6 is 11.3 Å². The summed E-state index contributed by atoms with van der Waals surface area (Å²) in [5.41, 5.74) is 8.41. The Labute approximate surface area is 273 Å². The molecule has 0 saturated carbocycles. The van der Waals surface area contributed by atoms with Crippen molar-refractivity contribution >= 4 is 70.0 Å². The van der Waals surface area contributed by atoms with Crippen LogP contribution in [-0.2, 0) is 0 Å². The zero-order chi connectivity index (χ0) is 30.5. The first-order chi connectivity index (χ1) is 22.8. The lowest BCUT2D eigenvalue weighted by molar-refractivity contribution is 0.923. The van der Waals surface area contributed by atoms with Crippen molar-refractivity contribution < 1.29 is 0 Å². The van der Waals surface area contributed by atoms with E-state index in [-0.39, 0.29) is 0 Å². The van der Waals surface area contributed by atoms with Crippen molar-refractivity contribution in [2.75, 3.05) is 4.90 Å². The van der Waals surface area contributed by atoms with Gasteiger partial charge < -0.3 is 4.90 Å². The van der Waals surface area contributed by atoms with Crippen LogP contribution in [0.3, 0.4) is 0 Å². The highest BCUT2D eigenvalue weighted by Crippen LogP contribution is 2.46. The fourth-order valence-electron chi connectivity index (χ4n) is 7.11. The van der Waals surface area contributed by atoms with E-state index in [4.69, 9.17) is 0 Å². The van der Waals surface area contributed by atoms with E-state index in [0.717, 1.165) is 29.7 Å². The Morgan fingerprint density at radius 1 is 0.565 bits per heavy atom. The van der Waals surface area contributed by atoms with Crippen molar-refractivity contribution in [3.63, 3.8) is 0 Å². The third kappa shape index (κ3) is 4.40. The monoisotopic (exact) mass is 603 g/mol. The first-order valence-corrected chi connectivity index (χ1v) is 16.6. The molecule has 0 fully saturated rings. The predicted molar refractivity (Wildman–Crippen MR) is 198 cm³/mol. The summed E-state index contributed by atoms with van der Waals surface area (Å²) in [5.74, 6) is 0. The Morgan fingerprint density at radius 3 is 2.11 bits per heavy atom. The molecule has 1 aliphatic carbocycles. The van der Waals surface area contributed by atoms with Gasteiger partial charge in [0.1, 0.15) is 0 Å². The minimum atomic E-state index is 0.938. The average Bonchev–Trinajstić information content (AvgIpc) is 3.51. The highest BCUT2D eigenvalue weighted by atomic mass is 32.1. The molecular formula is C44H29NS. The Bertz CT molecular complexity index is 2480. The molecule has 0 amide bonds. The molecule has 1 aromatic heterocycles. The van der Waals surface area contributed by atoms with Gasteiger partial charge in [0.15, 0.2) is 0 Å². The molecule has 0 bridgehead atoms. The van der Waals surface area contributed by atoms with E-state index in [0.29, 0.717) is 0 Å². The van der Waals surface area contributed by atoms with Crippen LogP contribution in [0.25, 0.3) is 58.4 Å². The van der Waals surface area contributed by atoms with Gasteiger partial charge in [-0.25, -0.2) is 0 Å². The van der Waals surface area contributed by atoms with Crippen LogP contribution < -0.4 is 4.90 Å². The molecule has 9 rings (SSSR count). The van der Waals surface area contributed by atoms with Gasteiger partial charge in [-0.05, 0) is 64.4 Å². The standard InChI is InChI=1S/C44H29NS/c1-3-19-34-30(13-1)15-10-23-35(34)32-17-9-18-33(29-32)45(40-26-11-16-31-14-2-4-20-36(31)40)41-25-7-5-21-37(41)38-24-12-28-43-44(38)39-22-6-8-27-42(39)46-43/h1-8,10-11,13-17,19-23,25-29H,9,18H2. The third-order valence-electron chi connectivity index (χ3n) is 9.17. The smallest absolute Gasteiger partial charge is 0.0543 e. The summed E-state index contributed by atoms with van der Waals surface area (Å²) in [5, 5.41) is 7.53. The van der Waals surface area contributed by atoms with Crippen LogP contribution in [0.4, 0.5) is 11.4 Å². The molecule has 0 radical (unpaired) electrons. The maximum atomic E-state index is 3.57. The molecule has 7 aromatic carbocycles. The molecule has 8 aromatic rings. The summed E-state index contributed by atoms with van der Waals surface area (Å²) < 4.78 is 2.52. The van der Waals surface area contributed by atoms with Gasteiger partial charge in [0, 0.05) is 48.4 Å². The van der Waals surface area contributed by atoms with Crippen LogP contribution in [0.1, 0.15) is 18.4 Å². The van der Waals surface area contributed by atoms with Gasteiger partial charge in [-0.1, -0.05) is 133 Å². The molecule has 1 nitrogen and oxygen atoms in total. The van der Waals surface area contributed by atoms with Crippen LogP contribution in [-0.4, -0.2) is 0 Å². The van der Waals surface area contributed by atoms with Crippen molar-refractivity contribution in [1.82, 2.24) is 0 Å². The zero-order valence-corrected chi connectivity index (χ0v) is 26.0. The highest BCUT2D eigenvalue weighted by Gasteiger charge is 2.24. The number of rotatable bonds is 5. The lowest BCUT2D eigenvalue weighted by atomic mass is 9.92. The number of nitrogens with zero attached hydrogens (tertiary/aromatic N) is 1. The molecule has 0 atom stereocenters. The lowest BCUT2D eigenvalue weighted by Crippen LogP contribution is -2.19. The topological polar surface area (TPSA) is 3.24 Å². The van der Waals surface area contributed by atoms with E-state index >= 15 is 0 Å². The van der Waals surface area contributed by atoms with Crippen LogP contribution in [0.2, 0.25) is 0 Å². The Kier molecular flexibility index (Phi) is 6.44. The van der Waals surface area contributed by atoms with Crippen molar-refractivity contribution in [3.05, 3.63) is 175 Å². The summed E-state index contributed by atoms with van der Waals surface area (Å²) in [4.78, 5) is 2.51. The molecule has 0 spiro atoms. The van der Waals surface area contributed by atoms with Gasteiger partial charge >= 0.3 is 0 Å². The molecule has 1 heterocycles. The van der Waals surface area contributed by atoms with E-state index < -0.39 is 0 Å². The van der Waals surface area contributed by atoms with E-state index in [1.54, 1.807) is 0 Å². The molecular weight excluding hydrogens is 575 g/mol. The predicted octanol–water partition coefficient (Wildman–Crippen LogP) is 12.5. The molecule has 1 aliphatic rings. The van der Waals surface area contributed by atoms with Crippen LogP contribution in [0.5, 0.6) is 0 Å². The Morgan fingerprint density at radius 2 is 1.22 bits per heavy atom. The largest absolute Gasteiger partial charge is 0.313 e. The van der Waals surface area contributed by atoms with Gasteiger partial charge in [-0.2, -0.15) is 0 Å². The SMILES string of the molecule is c1cc2sc3ccccc3c2c(-c2ccccc2N(C2=CC(c3cccc4ccccc34)=CCC2)c2cccc3ccccc23)c#1. The molecule has 2 heteroatoms. The van der Waals surface area contributed by atoms with Crippen molar-refractivity contribution in [3.8, 4) is 11.1 Å². The minimum Gasteiger partial charge on any atom is -0.313 e. The molecule has 46 heavy (non-hydrogen) atoms. The first kappa shape index (κ1) is 26.8. The summed E-state index contributed by atoms with van der Waals surface area (Å²) >= 11 is 1.83. The molecule has 0 saturated heterocycles. The summed E-state index contributed by atoms with van der Waals surface area (Å²) in [6.07, 6.45) is 6.73. The second-order valence-electron chi connectivity index (χ2n) is 11.8. The quantitative estimate of drug-likeness (QED) is 0.189. The summed E-state index contributed by atoms with van der Waals surface area (Å²) in [6.45, 7) is 0. The number of benzene rings is 6. The third-order valence-corrected chi connectivity index (χ3v) is 10.3. The number of anilines is 2. The van der Waals surface area contributed by atoms with E-state index in [1.807, 2.05) is 11.3 Å². The lowest BCUT2D eigenvalue weighted by Gasteiger charge is -2.32. The minimum absolute atomic E-state index is 0.938. The van der Waals surface area contributed by atoms with Crippen molar-refractivity contribution in [1.29, 1.82) is 0 Å². The molecule has 0 N–H and O–H groups in total. The molecule has 216 valence electrons. The number of allylic oxidation sites excluding steroid dienone is 4. The normalized spacial score (nSPS) is 13.1. The second-order valence-corrected chi connectivity index (χ2v) is 12.9. The van der Waals surface area contributed by atoms with Gasteiger partial charge in [-0.15, -0.1) is 11.3 Å². The van der Waals surface area contributed by atoms with Crippen molar-refractivity contribution in [2.45, 2.75) is 12.8 Å². The summed E-state index contributed by atoms with van der Waals surface area (Å²) in [7, 11) is 0. The van der Waals surface area contributed by atoms with Gasteiger partial charge in [-0.3, -0.25) is 0 Å². The van der Waals surface area contributed by atoms with Crippen LogP contribution in [0, 0.1) is 12.1 Å². The van der Waals surface area contributed by atoms with Gasteiger partial charge in [0.05, 0.1) is 11.4 Å². The Balaban J connectivity index is 1.30. The molecule has 0 aliphatic heterocycles. The second kappa shape index (κ2) is 11.1. The number of fused-ring (bicyclic) bond motifs is 5. The highest BCUT2D eigenvalue weighted by molar-refractivity contribution is 7.25. The van der Waals surface area contributed by atoms with E-state index in [1.165, 1.54) is 64.2 Å². The maximum absolute atomic E-state index is 3.57. The fraction of sp³-hybridized carbons (Fsp3) is 0.0455. The van der Waals surface area contributed by atoms with E-state index in [2.05, 4.69) is 169 Å². The number of hydrogen-bond donors (Lipinski definition) is 0. The van der Waals surface area contributed by atoms with Crippen molar-refractivity contribution in [2.24, 2.45) is 0 Å². The summed E-state index contributed by atoms with van der Waals surface area (Å²) in [6, 6.07) is 57.3. The first-order valence-electron chi connectivity index (χ1n) is 15.8. The zero-order valence-electron chi connectivity index (χ0n) is 25.2. The maximum Gasteiger partial charge on any atom is 0.0543 e. The number of hydrogen-bond acceptors (Lipinski definition) is 2. The Hall–Kier alpha value is -5.62. The van der Waals surface area contributed by atoms with E-state index in [9.17, 15) is 0 Å². The molecule has 0 unspecified atom stereocenters. The number of thiophene rings is 1. The number of para-hydroxylation sites is 1. The van der Waals surface area contributed by atoms with Gasteiger partial charge in [0.25, 0.3) is 0 Å². The van der Waals surface area contributed by atoms with Crippen LogP contribution in [0.15, 0.2) is 157 Å². The average molecular weight is 604 g/mol. The van der Waals surface area contributed by atoms with Gasteiger partial charge in [0.2, 0.25) is 0 Å². The fourth-order valence-corrected chi connectivity index (χ4v) is 8.21.